The summed E-state index contributed by atoms with van der Waals surface area (Å²) >= 11 is 0. The van der Waals surface area contributed by atoms with Crippen molar-refractivity contribution in [3.05, 3.63) is 33.9 Å². The molecule has 1 aliphatic heterocycles. The Morgan fingerprint density at radius 2 is 1.76 bits per heavy atom. The van der Waals surface area contributed by atoms with Crippen molar-refractivity contribution in [2.24, 2.45) is 0 Å². The highest BCUT2D eigenvalue weighted by molar-refractivity contribution is 5.45. The molecule has 1 aromatic rings. The molecule has 2 unspecified atom stereocenters. The van der Waals surface area contributed by atoms with E-state index in [1.54, 1.807) is 0 Å². The van der Waals surface area contributed by atoms with Crippen molar-refractivity contribution in [1.29, 1.82) is 0 Å². The first-order valence-electron chi connectivity index (χ1n) is 6.39. The molecule has 0 bridgehead atoms. The molecule has 1 saturated heterocycles. The zero-order valence-electron chi connectivity index (χ0n) is 11.2. The molecule has 0 aromatic heterocycles. The van der Waals surface area contributed by atoms with Gasteiger partial charge in [0.1, 0.15) is 6.10 Å². The summed E-state index contributed by atoms with van der Waals surface area (Å²) in [5.74, 6) is 0. The first-order chi connectivity index (χ1) is 8.02. The van der Waals surface area contributed by atoms with Crippen molar-refractivity contribution < 1.29 is 9.84 Å². The number of hydrogen-bond donors (Lipinski definition) is 1. The van der Waals surface area contributed by atoms with Gasteiger partial charge in [-0.3, -0.25) is 0 Å². The molecule has 1 aliphatic rings. The number of ether oxygens (including phenoxy) is 1. The molecule has 2 atom stereocenters. The third kappa shape index (κ3) is 2.24. The number of aliphatic hydroxyl groups is 1. The Balaban J connectivity index is 2.42. The van der Waals surface area contributed by atoms with Gasteiger partial charge in [0.25, 0.3) is 0 Å². The van der Waals surface area contributed by atoms with E-state index in [0.29, 0.717) is 0 Å². The summed E-state index contributed by atoms with van der Waals surface area (Å²) in [5.41, 5.74) is 5.99. The highest BCUT2D eigenvalue weighted by atomic mass is 16.5. The normalized spacial score (nSPS) is 21.8. The highest BCUT2D eigenvalue weighted by Gasteiger charge is 2.28. The first kappa shape index (κ1) is 12.6. The van der Waals surface area contributed by atoms with Gasteiger partial charge in [-0.2, -0.15) is 0 Å². The van der Waals surface area contributed by atoms with Crippen LogP contribution in [0.15, 0.2) is 6.07 Å². The fourth-order valence-corrected chi connectivity index (χ4v) is 2.73. The minimum absolute atomic E-state index is 0.0198. The maximum Gasteiger partial charge on any atom is 0.106 e. The predicted molar refractivity (Wildman–Crippen MR) is 69.3 cm³/mol. The first-order valence-corrected chi connectivity index (χ1v) is 6.39. The molecule has 94 valence electrons. The zero-order valence-corrected chi connectivity index (χ0v) is 11.2. The van der Waals surface area contributed by atoms with Crippen LogP contribution in [0.4, 0.5) is 0 Å². The van der Waals surface area contributed by atoms with Crippen LogP contribution in [0.2, 0.25) is 0 Å². The van der Waals surface area contributed by atoms with E-state index in [-0.39, 0.29) is 6.10 Å². The third-order valence-corrected chi connectivity index (χ3v) is 4.04. The molecule has 1 N–H and O–H groups in total. The molecule has 0 radical (unpaired) electrons. The van der Waals surface area contributed by atoms with E-state index < -0.39 is 6.10 Å². The summed E-state index contributed by atoms with van der Waals surface area (Å²) in [6, 6.07) is 2.19. The Hall–Kier alpha value is -0.860. The summed E-state index contributed by atoms with van der Waals surface area (Å²) in [6.45, 7) is 9.18. The SMILES string of the molecule is Cc1cc(C)c(C)c(C(O)C2CCCO2)c1C. The van der Waals surface area contributed by atoms with E-state index in [1.807, 2.05) is 0 Å². The van der Waals surface area contributed by atoms with Crippen LogP contribution in [0.5, 0.6) is 0 Å². The summed E-state index contributed by atoms with van der Waals surface area (Å²) in [5, 5.41) is 10.5. The van der Waals surface area contributed by atoms with Crippen molar-refractivity contribution in [3.63, 3.8) is 0 Å². The van der Waals surface area contributed by atoms with E-state index in [9.17, 15) is 5.11 Å². The Kier molecular flexibility index (Phi) is 3.55. The van der Waals surface area contributed by atoms with E-state index in [4.69, 9.17) is 4.74 Å². The summed E-state index contributed by atoms with van der Waals surface area (Å²) in [6.07, 6.45) is 1.53. The molecule has 2 heteroatoms. The van der Waals surface area contributed by atoms with Gasteiger partial charge in [-0.25, -0.2) is 0 Å². The Morgan fingerprint density at radius 1 is 1.18 bits per heavy atom. The fraction of sp³-hybridized carbons (Fsp3) is 0.600. The van der Waals surface area contributed by atoms with Crippen molar-refractivity contribution in [1.82, 2.24) is 0 Å². The van der Waals surface area contributed by atoms with E-state index in [2.05, 4.69) is 33.8 Å². The molecule has 0 spiro atoms. The molecule has 2 rings (SSSR count). The van der Waals surface area contributed by atoms with Gasteiger partial charge >= 0.3 is 0 Å². The van der Waals surface area contributed by atoms with Crippen LogP contribution in [0.3, 0.4) is 0 Å². The maximum atomic E-state index is 10.5. The number of benzene rings is 1. The number of aliphatic hydroxyl groups excluding tert-OH is 1. The molecule has 17 heavy (non-hydrogen) atoms. The molecule has 1 aromatic carbocycles. The fourth-order valence-electron chi connectivity index (χ4n) is 2.73. The van der Waals surface area contributed by atoms with Crippen molar-refractivity contribution in [2.75, 3.05) is 6.61 Å². The topological polar surface area (TPSA) is 29.5 Å². The monoisotopic (exact) mass is 234 g/mol. The lowest BCUT2D eigenvalue weighted by molar-refractivity contribution is -0.00324. The lowest BCUT2D eigenvalue weighted by Crippen LogP contribution is -2.20. The van der Waals surface area contributed by atoms with Gasteiger partial charge in [-0.1, -0.05) is 6.07 Å². The summed E-state index contributed by atoms with van der Waals surface area (Å²) < 4.78 is 5.61. The van der Waals surface area contributed by atoms with Gasteiger partial charge in [0.05, 0.1) is 6.10 Å². The minimum atomic E-state index is -0.476. The van der Waals surface area contributed by atoms with Crippen LogP contribution >= 0.6 is 0 Å². The molecule has 1 heterocycles. The van der Waals surface area contributed by atoms with Crippen LogP contribution in [-0.4, -0.2) is 17.8 Å². The van der Waals surface area contributed by atoms with Gasteiger partial charge in [-0.15, -0.1) is 0 Å². The number of aryl methyl sites for hydroxylation is 2. The van der Waals surface area contributed by atoms with Crippen LogP contribution in [0.1, 0.15) is 46.8 Å². The predicted octanol–water partition coefficient (Wildman–Crippen LogP) is 3.13. The van der Waals surface area contributed by atoms with Crippen LogP contribution in [0.25, 0.3) is 0 Å². The van der Waals surface area contributed by atoms with Crippen molar-refractivity contribution in [2.45, 2.75) is 52.7 Å². The summed E-state index contributed by atoms with van der Waals surface area (Å²) in [7, 11) is 0. The third-order valence-electron chi connectivity index (χ3n) is 4.04. The second-order valence-corrected chi connectivity index (χ2v) is 5.17. The average Bonchev–Trinajstić information content (AvgIpc) is 2.80. The molecular formula is C15H22O2. The zero-order chi connectivity index (χ0) is 12.6. The lowest BCUT2D eigenvalue weighted by atomic mass is 9.88. The van der Waals surface area contributed by atoms with Crippen LogP contribution in [-0.2, 0) is 4.74 Å². The van der Waals surface area contributed by atoms with Gasteiger partial charge in [0.2, 0.25) is 0 Å². The van der Waals surface area contributed by atoms with Gasteiger partial charge in [-0.05, 0) is 68.4 Å². The molecule has 0 aliphatic carbocycles. The lowest BCUT2D eigenvalue weighted by Gasteiger charge is -2.24. The Bertz CT molecular complexity index is 391. The second-order valence-electron chi connectivity index (χ2n) is 5.17. The average molecular weight is 234 g/mol. The van der Waals surface area contributed by atoms with Gasteiger partial charge in [0, 0.05) is 6.61 Å². The standard InChI is InChI=1S/C15H22O2/c1-9-8-10(2)12(4)14(11(9)3)15(16)13-6-5-7-17-13/h8,13,15-16H,5-7H2,1-4H3. The minimum Gasteiger partial charge on any atom is -0.386 e. The molecule has 0 amide bonds. The molecule has 2 nitrogen and oxygen atoms in total. The Morgan fingerprint density at radius 3 is 2.24 bits per heavy atom. The van der Waals surface area contributed by atoms with Crippen LogP contribution in [0, 0.1) is 27.7 Å². The summed E-state index contributed by atoms with van der Waals surface area (Å²) in [4.78, 5) is 0. The molecule has 0 saturated carbocycles. The quantitative estimate of drug-likeness (QED) is 0.852. The van der Waals surface area contributed by atoms with E-state index >= 15 is 0 Å². The van der Waals surface area contributed by atoms with Crippen molar-refractivity contribution in [3.8, 4) is 0 Å². The second kappa shape index (κ2) is 4.79. The van der Waals surface area contributed by atoms with E-state index in [0.717, 1.165) is 25.0 Å². The molecular weight excluding hydrogens is 212 g/mol. The Labute approximate surface area is 104 Å². The number of rotatable bonds is 2. The van der Waals surface area contributed by atoms with Gasteiger partial charge < -0.3 is 9.84 Å². The van der Waals surface area contributed by atoms with Crippen molar-refractivity contribution >= 4 is 0 Å². The smallest absolute Gasteiger partial charge is 0.106 e. The number of hydrogen-bond acceptors (Lipinski definition) is 2. The maximum absolute atomic E-state index is 10.5. The van der Waals surface area contributed by atoms with Gasteiger partial charge in [0.15, 0.2) is 0 Å². The largest absolute Gasteiger partial charge is 0.386 e. The molecule has 1 fully saturated rings. The van der Waals surface area contributed by atoms with Crippen LogP contribution < -0.4 is 0 Å². The van der Waals surface area contributed by atoms with E-state index in [1.165, 1.54) is 22.3 Å². The highest BCUT2D eigenvalue weighted by Crippen LogP contribution is 2.33.